The van der Waals surface area contributed by atoms with Gasteiger partial charge in [-0.25, -0.2) is 14.8 Å². The number of likely N-dealkylation sites (tertiary alicyclic amines) is 1. The number of hydrogen-bond donors (Lipinski definition) is 1. The van der Waals surface area contributed by atoms with Crippen molar-refractivity contribution in [1.29, 1.82) is 0 Å². The molecule has 1 N–H and O–H groups in total. The summed E-state index contributed by atoms with van der Waals surface area (Å²) >= 11 is 0. The zero-order valence-corrected chi connectivity index (χ0v) is 31.4. The van der Waals surface area contributed by atoms with Crippen molar-refractivity contribution in [2.45, 2.75) is 117 Å². The SMILES string of the molecule is Cc1c(C(=O)NC2CCN(C(=O)OC(C)(C)C)CC2)c2ncnc(-c3cc(C(C)C)ccc3OCC3CC3)c2n1COCC[Si](C)(C)C. The van der Waals surface area contributed by atoms with E-state index in [0.29, 0.717) is 62.1 Å². The molecule has 0 bridgehead atoms. The number of rotatable bonds is 12. The smallest absolute Gasteiger partial charge is 0.410 e. The molecule has 1 saturated carbocycles. The summed E-state index contributed by atoms with van der Waals surface area (Å²) in [7, 11) is -1.30. The molecular weight excluding hydrogens is 623 g/mol. The molecule has 1 aliphatic heterocycles. The summed E-state index contributed by atoms with van der Waals surface area (Å²) in [6.07, 6.45) is 4.93. The van der Waals surface area contributed by atoms with E-state index in [4.69, 9.17) is 24.2 Å². The van der Waals surface area contributed by atoms with Gasteiger partial charge in [0.2, 0.25) is 0 Å². The molecule has 10 nitrogen and oxygen atoms in total. The van der Waals surface area contributed by atoms with Crippen LogP contribution in [0.2, 0.25) is 25.7 Å². The first-order chi connectivity index (χ1) is 22.6. The number of ether oxygens (including phenoxy) is 3. The first kappa shape index (κ1) is 35.9. The van der Waals surface area contributed by atoms with Crippen molar-refractivity contribution >= 4 is 31.1 Å². The predicted molar refractivity (Wildman–Crippen MR) is 192 cm³/mol. The monoisotopic (exact) mass is 677 g/mol. The summed E-state index contributed by atoms with van der Waals surface area (Å²) in [6.45, 7) is 21.6. The van der Waals surface area contributed by atoms with Crippen molar-refractivity contribution in [3.8, 4) is 17.0 Å². The van der Waals surface area contributed by atoms with Crippen LogP contribution in [0.4, 0.5) is 4.79 Å². The lowest BCUT2D eigenvalue weighted by Crippen LogP contribution is -2.47. The van der Waals surface area contributed by atoms with Gasteiger partial charge in [-0.05, 0) is 89.0 Å². The quantitative estimate of drug-likeness (QED) is 0.154. The second-order valence-electron chi connectivity index (χ2n) is 16.0. The van der Waals surface area contributed by atoms with E-state index in [-0.39, 0.29) is 24.8 Å². The molecule has 1 aliphatic carbocycles. The van der Waals surface area contributed by atoms with Crippen LogP contribution in [0.5, 0.6) is 5.75 Å². The molecule has 0 spiro atoms. The highest BCUT2D eigenvalue weighted by Crippen LogP contribution is 2.39. The number of piperidine rings is 1. The molecule has 2 fully saturated rings. The van der Waals surface area contributed by atoms with Crippen molar-refractivity contribution in [3.05, 3.63) is 41.3 Å². The summed E-state index contributed by atoms with van der Waals surface area (Å²) in [4.78, 5) is 38.0. The Morgan fingerprint density at radius 1 is 1.06 bits per heavy atom. The normalized spacial score (nSPS) is 16.1. The van der Waals surface area contributed by atoms with E-state index >= 15 is 0 Å². The number of hydrogen-bond acceptors (Lipinski definition) is 7. The molecule has 3 heterocycles. The second kappa shape index (κ2) is 14.6. The lowest BCUT2D eigenvalue weighted by Gasteiger charge is -2.33. The molecule has 5 rings (SSSR count). The number of carbonyl (C=O) groups is 2. The van der Waals surface area contributed by atoms with Gasteiger partial charge < -0.3 is 29.0 Å². The number of benzene rings is 1. The topological polar surface area (TPSA) is 108 Å². The minimum atomic E-state index is -1.30. The van der Waals surface area contributed by atoms with Gasteiger partial charge in [-0.2, -0.15) is 0 Å². The minimum absolute atomic E-state index is 0.0755. The molecule has 2 amide bonds. The van der Waals surface area contributed by atoms with Crippen molar-refractivity contribution < 1.29 is 23.8 Å². The summed E-state index contributed by atoms with van der Waals surface area (Å²) in [5.74, 6) is 1.53. The molecule has 48 heavy (non-hydrogen) atoms. The Hall–Kier alpha value is -3.44. The first-order valence-electron chi connectivity index (χ1n) is 17.6. The molecule has 0 unspecified atom stereocenters. The van der Waals surface area contributed by atoms with E-state index in [1.807, 2.05) is 27.7 Å². The maximum absolute atomic E-state index is 14.1. The molecule has 11 heteroatoms. The zero-order chi connectivity index (χ0) is 34.8. The average Bonchev–Trinajstić information content (AvgIpc) is 3.79. The van der Waals surface area contributed by atoms with E-state index in [1.54, 1.807) is 11.2 Å². The largest absolute Gasteiger partial charge is 0.493 e. The van der Waals surface area contributed by atoms with Crippen LogP contribution in [0, 0.1) is 12.8 Å². The highest BCUT2D eigenvalue weighted by Gasteiger charge is 2.31. The number of carbonyl (C=O) groups excluding carboxylic acids is 2. The number of fused-ring (bicyclic) bond motifs is 1. The van der Waals surface area contributed by atoms with Crippen LogP contribution in [0.1, 0.15) is 87.8 Å². The zero-order valence-electron chi connectivity index (χ0n) is 30.4. The number of aromatic nitrogens is 3. The van der Waals surface area contributed by atoms with Gasteiger partial charge in [0, 0.05) is 45.1 Å². The summed E-state index contributed by atoms with van der Waals surface area (Å²) in [6, 6.07) is 7.33. The minimum Gasteiger partial charge on any atom is -0.493 e. The Bertz CT molecular complexity index is 1610. The number of nitrogens with one attached hydrogen (secondary N) is 1. The van der Waals surface area contributed by atoms with Gasteiger partial charge >= 0.3 is 6.09 Å². The maximum atomic E-state index is 14.1. The molecule has 0 radical (unpaired) electrons. The fourth-order valence-electron chi connectivity index (χ4n) is 5.96. The van der Waals surface area contributed by atoms with Crippen LogP contribution in [-0.2, 0) is 16.2 Å². The second-order valence-corrected chi connectivity index (χ2v) is 21.7. The molecule has 0 atom stereocenters. The summed E-state index contributed by atoms with van der Waals surface area (Å²) in [5.41, 5.74) is 4.94. The van der Waals surface area contributed by atoms with Crippen LogP contribution in [0.15, 0.2) is 24.5 Å². The van der Waals surface area contributed by atoms with Crippen molar-refractivity contribution in [3.63, 3.8) is 0 Å². The van der Waals surface area contributed by atoms with E-state index in [1.165, 1.54) is 18.4 Å². The standard InChI is InChI=1S/C37H55N5O5Si/c1-24(2)27-12-13-30(46-21-26-10-11-26)29(20-27)32-34-33(39-22-38-32)31(25(3)42(34)23-45-18-19-48(7,8)9)35(43)40-28-14-16-41(17-15-28)36(44)47-37(4,5)6/h12-13,20,22,24,26,28H,10-11,14-19,21,23H2,1-9H3,(H,40,43). The average molecular weight is 678 g/mol. The third-order valence-corrected chi connectivity index (χ3v) is 10.8. The van der Waals surface area contributed by atoms with Crippen molar-refractivity contribution in [2.75, 3.05) is 26.3 Å². The van der Waals surface area contributed by atoms with Crippen molar-refractivity contribution in [1.82, 2.24) is 24.8 Å². The van der Waals surface area contributed by atoms with Gasteiger partial charge in [-0.1, -0.05) is 39.6 Å². The first-order valence-corrected chi connectivity index (χ1v) is 21.3. The summed E-state index contributed by atoms with van der Waals surface area (Å²) in [5, 5.41) is 3.26. The molecule has 262 valence electrons. The molecule has 2 aromatic heterocycles. The predicted octanol–water partition coefficient (Wildman–Crippen LogP) is 7.76. The lowest BCUT2D eigenvalue weighted by atomic mass is 9.98. The lowest BCUT2D eigenvalue weighted by molar-refractivity contribution is 0.0199. The highest BCUT2D eigenvalue weighted by molar-refractivity contribution is 6.76. The Morgan fingerprint density at radius 3 is 2.40 bits per heavy atom. The van der Waals surface area contributed by atoms with Gasteiger partial charge in [0.1, 0.15) is 35.6 Å². The van der Waals surface area contributed by atoms with Gasteiger partial charge in [-0.3, -0.25) is 4.79 Å². The van der Waals surface area contributed by atoms with Crippen LogP contribution in [-0.4, -0.2) is 77.5 Å². The Labute approximate surface area is 286 Å². The summed E-state index contributed by atoms with van der Waals surface area (Å²) < 4.78 is 20.3. The molecule has 1 aromatic carbocycles. The highest BCUT2D eigenvalue weighted by atomic mass is 28.3. The molecule has 3 aromatic rings. The van der Waals surface area contributed by atoms with Crippen LogP contribution in [0.25, 0.3) is 22.3 Å². The van der Waals surface area contributed by atoms with E-state index < -0.39 is 13.7 Å². The third kappa shape index (κ3) is 8.96. The van der Waals surface area contributed by atoms with Gasteiger partial charge in [0.15, 0.2) is 0 Å². The maximum Gasteiger partial charge on any atom is 0.410 e. The fourth-order valence-corrected chi connectivity index (χ4v) is 6.71. The Morgan fingerprint density at radius 2 is 1.77 bits per heavy atom. The Balaban J connectivity index is 1.48. The number of nitrogens with zero attached hydrogens (tertiary/aromatic N) is 4. The Kier molecular flexibility index (Phi) is 10.9. The fraction of sp³-hybridized carbons (Fsp3) is 0.622. The molecule has 2 aliphatic rings. The van der Waals surface area contributed by atoms with E-state index in [9.17, 15) is 9.59 Å². The van der Waals surface area contributed by atoms with Crippen LogP contribution in [0.3, 0.4) is 0 Å². The number of amides is 2. The van der Waals surface area contributed by atoms with Gasteiger partial charge in [0.25, 0.3) is 5.91 Å². The van der Waals surface area contributed by atoms with E-state index in [2.05, 4.69) is 61.6 Å². The van der Waals surface area contributed by atoms with Crippen molar-refractivity contribution in [2.24, 2.45) is 5.92 Å². The van der Waals surface area contributed by atoms with Crippen LogP contribution >= 0.6 is 0 Å². The third-order valence-electron chi connectivity index (χ3n) is 9.12. The van der Waals surface area contributed by atoms with Gasteiger partial charge in [0.05, 0.1) is 17.7 Å². The molecule has 1 saturated heterocycles. The molecular formula is C37H55N5O5Si. The van der Waals surface area contributed by atoms with Crippen LogP contribution < -0.4 is 10.1 Å². The van der Waals surface area contributed by atoms with Gasteiger partial charge in [-0.15, -0.1) is 0 Å². The van der Waals surface area contributed by atoms with E-state index in [0.717, 1.165) is 34.3 Å².